The minimum Gasteiger partial charge on any atom is -0.0979 e. The van der Waals surface area contributed by atoms with Crippen molar-refractivity contribution < 1.29 is 0 Å². The minimum atomic E-state index is 0.746. The highest BCUT2D eigenvalue weighted by molar-refractivity contribution is 5.46. The number of hydrogen-bond donors (Lipinski definition) is 0. The summed E-state index contributed by atoms with van der Waals surface area (Å²) in [6.07, 6.45) is 14.5. The van der Waals surface area contributed by atoms with Crippen LogP contribution in [-0.4, -0.2) is 0 Å². The van der Waals surface area contributed by atoms with E-state index in [0.29, 0.717) is 0 Å². The van der Waals surface area contributed by atoms with Gasteiger partial charge in [-0.15, -0.1) is 0 Å². The molecule has 1 saturated carbocycles. The second-order valence-electron chi connectivity index (χ2n) is 9.07. The minimum absolute atomic E-state index is 0.746. The predicted molar refractivity (Wildman–Crippen MR) is 134 cm³/mol. The highest BCUT2D eigenvalue weighted by atomic mass is 14.3. The van der Waals surface area contributed by atoms with Gasteiger partial charge in [0, 0.05) is 23.1 Å². The lowest BCUT2D eigenvalue weighted by Gasteiger charge is -2.29. The van der Waals surface area contributed by atoms with Gasteiger partial charge in [-0.2, -0.15) is 0 Å². The summed E-state index contributed by atoms with van der Waals surface area (Å²) in [4.78, 5) is 0. The molecule has 2 aromatic rings. The Bertz CT molecular complexity index is 885. The molecule has 0 heteroatoms. The van der Waals surface area contributed by atoms with Crippen LogP contribution in [-0.2, 0) is 0 Å². The predicted octanol–water partition coefficient (Wildman–Crippen LogP) is 8.48. The van der Waals surface area contributed by atoms with Gasteiger partial charge in [0.25, 0.3) is 0 Å². The Kier molecular flexibility index (Phi) is 9.80. The van der Waals surface area contributed by atoms with Gasteiger partial charge in [-0.1, -0.05) is 81.8 Å². The zero-order valence-electron chi connectivity index (χ0n) is 19.6. The molecule has 0 heterocycles. The molecule has 0 saturated heterocycles. The molecule has 31 heavy (non-hydrogen) atoms. The van der Waals surface area contributed by atoms with Crippen molar-refractivity contribution in [3.63, 3.8) is 0 Å². The summed E-state index contributed by atoms with van der Waals surface area (Å²) < 4.78 is 0. The summed E-state index contributed by atoms with van der Waals surface area (Å²) in [5.41, 5.74) is 4.72. The van der Waals surface area contributed by atoms with Gasteiger partial charge in [-0.25, -0.2) is 0 Å². The van der Waals surface area contributed by atoms with Gasteiger partial charge < -0.3 is 0 Å². The van der Waals surface area contributed by atoms with Gasteiger partial charge in [0.05, 0.1) is 0 Å². The van der Waals surface area contributed by atoms with Crippen molar-refractivity contribution in [1.82, 2.24) is 0 Å². The Hall–Kier alpha value is -2.44. The Labute approximate surface area is 190 Å². The van der Waals surface area contributed by atoms with Crippen LogP contribution in [0, 0.1) is 29.6 Å². The molecule has 0 amide bonds. The lowest BCUT2D eigenvalue weighted by Crippen LogP contribution is -2.13. The molecule has 1 fully saturated rings. The maximum absolute atomic E-state index is 3.32. The van der Waals surface area contributed by atoms with Crippen LogP contribution in [0.2, 0.25) is 0 Å². The fraction of sp³-hybridized carbons (Fsp3) is 0.484. The quantitative estimate of drug-likeness (QED) is 0.317. The molecule has 0 unspecified atom stereocenters. The van der Waals surface area contributed by atoms with E-state index in [-0.39, 0.29) is 0 Å². The van der Waals surface area contributed by atoms with Gasteiger partial charge >= 0.3 is 0 Å². The van der Waals surface area contributed by atoms with Crippen LogP contribution < -0.4 is 0 Å². The molecule has 3 rings (SSSR count). The topological polar surface area (TPSA) is 0 Å². The summed E-state index contributed by atoms with van der Waals surface area (Å²) in [6, 6.07) is 17.3. The summed E-state index contributed by atoms with van der Waals surface area (Å²) >= 11 is 0. The maximum Gasteiger partial charge on any atom is 0.0249 e. The molecule has 0 bridgehead atoms. The van der Waals surface area contributed by atoms with E-state index >= 15 is 0 Å². The summed E-state index contributed by atoms with van der Waals surface area (Å²) in [5, 5.41) is 0. The van der Waals surface area contributed by atoms with Crippen LogP contribution >= 0.6 is 0 Å². The fourth-order valence-corrected chi connectivity index (χ4v) is 4.52. The third-order valence-corrected chi connectivity index (χ3v) is 6.57. The fourth-order valence-electron chi connectivity index (χ4n) is 4.52. The average Bonchev–Trinajstić information content (AvgIpc) is 2.82. The lowest BCUT2D eigenvalue weighted by molar-refractivity contribution is 0.303. The SMILES string of the molecule is CCCCC#Cc1ccc(C#Cc2ccc([C@H]3CC[C@H](CCCCC)CC3)cc2)cc1. The Morgan fingerprint density at radius 1 is 0.645 bits per heavy atom. The third-order valence-electron chi connectivity index (χ3n) is 6.57. The highest BCUT2D eigenvalue weighted by Crippen LogP contribution is 2.37. The molecule has 0 spiro atoms. The molecule has 0 radical (unpaired) electrons. The van der Waals surface area contributed by atoms with Crippen molar-refractivity contribution in [2.75, 3.05) is 0 Å². The van der Waals surface area contributed by atoms with E-state index in [1.54, 1.807) is 0 Å². The van der Waals surface area contributed by atoms with Crippen LogP contribution in [0.4, 0.5) is 0 Å². The van der Waals surface area contributed by atoms with E-state index in [0.717, 1.165) is 34.9 Å². The molecule has 0 aliphatic heterocycles. The molecule has 2 aromatic carbocycles. The van der Waals surface area contributed by atoms with Crippen molar-refractivity contribution in [2.45, 2.75) is 90.4 Å². The van der Waals surface area contributed by atoms with Crippen molar-refractivity contribution in [3.05, 3.63) is 70.8 Å². The second-order valence-corrected chi connectivity index (χ2v) is 9.07. The van der Waals surface area contributed by atoms with Gasteiger partial charge in [0.15, 0.2) is 0 Å². The third kappa shape index (κ3) is 7.96. The van der Waals surface area contributed by atoms with Crippen LogP contribution in [0.25, 0.3) is 0 Å². The van der Waals surface area contributed by atoms with E-state index in [2.05, 4.69) is 86.1 Å². The van der Waals surface area contributed by atoms with Crippen LogP contribution in [0.15, 0.2) is 48.5 Å². The Morgan fingerprint density at radius 3 is 1.77 bits per heavy atom. The van der Waals surface area contributed by atoms with Crippen LogP contribution in [0.3, 0.4) is 0 Å². The molecule has 0 N–H and O–H groups in total. The Morgan fingerprint density at radius 2 is 1.19 bits per heavy atom. The van der Waals surface area contributed by atoms with Crippen LogP contribution in [0.5, 0.6) is 0 Å². The standard InChI is InChI=1S/C31H38/c1-3-5-7-9-11-26-12-14-28(15-13-26)16-17-29-20-24-31(25-21-29)30-22-18-27(19-23-30)10-8-6-4-2/h12-15,20-21,24-25,27,30H,3-8,10,18-19,22-23H2,1-2H3/t27-,30-. The van der Waals surface area contributed by atoms with Crippen molar-refractivity contribution in [3.8, 4) is 23.7 Å². The van der Waals surface area contributed by atoms with Gasteiger partial charge in [0.1, 0.15) is 0 Å². The zero-order chi connectivity index (χ0) is 21.7. The number of rotatable bonds is 7. The molecule has 1 aliphatic rings. The summed E-state index contributed by atoms with van der Waals surface area (Å²) in [7, 11) is 0. The molecule has 0 aromatic heterocycles. The Balaban J connectivity index is 1.50. The van der Waals surface area contributed by atoms with Gasteiger partial charge in [0.2, 0.25) is 0 Å². The molecule has 0 nitrogen and oxygen atoms in total. The van der Waals surface area contributed by atoms with E-state index in [1.165, 1.54) is 69.8 Å². The van der Waals surface area contributed by atoms with E-state index in [4.69, 9.17) is 0 Å². The largest absolute Gasteiger partial charge is 0.0979 e. The normalized spacial score (nSPS) is 17.9. The van der Waals surface area contributed by atoms with Gasteiger partial charge in [-0.05, 0) is 85.9 Å². The molecule has 0 atom stereocenters. The summed E-state index contributed by atoms with van der Waals surface area (Å²) in [5.74, 6) is 14.8. The average molecular weight is 411 g/mol. The number of unbranched alkanes of at least 4 members (excludes halogenated alkanes) is 4. The van der Waals surface area contributed by atoms with Crippen LogP contribution in [0.1, 0.15) is 113 Å². The number of benzene rings is 2. The van der Waals surface area contributed by atoms with Crippen molar-refractivity contribution in [1.29, 1.82) is 0 Å². The highest BCUT2D eigenvalue weighted by Gasteiger charge is 2.21. The lowest BCUT2D eigenvalue weighted by atomic mass is 9.77. The zero-order valence-corrected chi connectivity index (χ0v) is 19.6. The monoisotopic (exact) mass is 410 g/mol. The van der Waals surface area contributed by atoms with Gasteiger partial charge in [-0.3, -0.25) is 0 Å². The molecule has 162 valence electrons. The molecular formula is C31H38. The second kappa shape index (κ2) is 13.1. The number of hydrogen-bond acceptors (Lipinski definition) is 0. The first kappa shape index (κ1) is 23.2. The molecular weight excluding hydrogens is 372 g/mol. The maximum atomic E-state index is 3.32. The summed E-state index contributed by atoms with van der Waals surface area (Å²) in [6.45, 7) is 4.50. The van der Waals surface area contributed by atoms with E-state index in [9.17, 15) is 0 Å². The first-order chi connectivity index (χ1) is 15.3. The smallest absolute Gasteiger partial charge is 0.0249 e. The van der Waals surface area contributed by atoms with E-state index in [1.807, 2.05) is 0 Å². The first-order valence-electron chi connectivity index (χ1n) is 12.5. The van der Waals surface area contributed by atoms with Crippen molar-refractivity contribution in [2.24, 2.45) is 5.92 Å². The molecule has 1 aliphatic carbocycles. The first-order valence-corrected chi connectivity index (χ1v) is 12.5. The van der Waals surface area contributed by atoms with E-state index < -0.39 is 0 Å². The van der Waals surface area contributed by atoms with Crippen molar-refractivity contribution >= 4 is 0 Å².